The van der Waals surface area contributed by atoms with Crippen molar-refractivity contribution in [2.45, 2.75) is 38.3 Å². The number of hydrogen-bond acceptors (Lipinski definition) is 4. The monoisotopic (exact) mass is 268 g/mol. The SMILES string of the molecule is CC1CCCCC1C(C(N)=O)[P+](O)(S)S. The van der Waals surface area contributed by atoms with E-state index in [1.54, 1.807) is 0 Å². The van der Waals surface area contributed by atoms with E-state index in [9.17, 15) is 9.69 Å². The van der Waals surface area contributed by atoms with Gasteiger partial charge >= 0.3 is 0 Å². The van der Waals surface area contributed by atoms with Crippen molar-refractivity contribution in [3.8, 4) is 0 Å². The lowest BCUT2D eigenvalue weighted by Crippen LogP contribution is -2.39. The molecule has 0 spiro atoms. The van der Waals surface area contributed by atoms with Crippen LogP contribution in [0.25, 0.3) is 0 Å². The van der Waals surface area contributed by atoms with E-state index in [1.807, 2.05) is 0 Å². The normalized spacial score (nSPS) is 29.9. The minimum atomic E-state index is -2.77. The smallest absolute Gasteiger partial charge is 0.264 e. The molecule has 0 radical (unpaired) electrons. The van der Waals surface area contributed by atoms with Gasteiger partial charge < -0.3 is 5.73 Å². The van der Waals surface area contributed by atoms with E-state index < -0.39 is 17.5 Å². The lowest BCUT2D eigenvalue weighted by Gasteiger charge is -2.33. The molecule has 3 N–H and O–H groups in total. The van der Waals surface area contributed by atoms with Crippen LogP contribution in [0, 0.1) is 11.8 Å². The lowest BCUT2D eigenvalue weighted by atomic mass is 9.78. The molecule has 1 fully saturated rings. The second-order valence-corrected chi connectivity index (χ2v) is 10.8. The van der Waals surface area contributed by atoms with E-state index in [4.69, 9.17) is 5.73 Å². The van der Waals surface area contributed by atoms with Crippen LogP contribution < -0.4 is 5.73 Å². The summed E-state index contributed by atoms with van der Waals surface area (Å²) in [5.74, 6) is -2.68. The summed E-state index contributed by atoms with van der Waals surface area (Å²) in [6.07, 6.45) is 4.33. The van der Waals surface area contributed by atoms with Gasteiger partial charge in [0.25, 0.3) is 11.8 Å². The number of primary amides is 1. The van der Waals surface area contributed by atoms with Gasteiger partial charge in [0, 0.05) is 30.4 Å². The minimum absolute atomic E-state index is 0.143. The standard InChI is InChI=1S/C9H18NO2PS2/c1-6-4-2-3-5-7(6)8(9(10)11)13(12,14)15/h6-8,12,14-15H,2-5H2,1H3,(H-,10,11)/p+1. The number of nitrogens with two attached hydrogens (primary N) is 1. The molecule has 0 aliphatic heterocycles. The molecule has 0 saturated heterocycles. The number of carbonyl (C=O) groups excluding carboxylic acids is 1. The Morgan fingerprint density at radius 3 is 2.40 bits per heavy atom. The highest BCUT2D eigenvalue weighted by Gasteiger charge is 2.50. The number of rotatable bonds is 3. The maximum absolute atomic E-state index is 11.4. The van der Waals surface area contributed by atoms with E-state index in [-0.39, 0.29) is 5.92 Å². The van der Waals surface area contributed by atoms with Crippen LogP contribution in [-0.4, -0.2) is 16.5 Å². The van der Waals surface area contributed by atoms with Crippen molar-refractivity contribution in [3.63, 3.8) is 0 Å². The molecular formula is C9H19NO2PS2+. The first kappa shape index (κ1) is 13.6. The van der Waals surface area contributed by atoms with Gasteiger partial charge in [-0.05, 0) is 12.3 Å². The van der Waals surface area contributed by atoms with Gasteiger partial charge in [0.05, 0.1) is 0 Å². The maximum atomic E-state index is 11.4. The van der Waals surface area contributed by atoms with Crippen LogP contribution in [0.5, 0.6) is 0 Å². The molecule has 0 aromatic carbocycles. The zero-order valence-corrected chi connectivity index (χ0v) is 11.5. The van der Waals surface area contributed by atoms with E-state index in [2.05, 4.69) is 31.4 Å². The Labute approximate surface area is 102 Å². The van der Waals surface area contributed by atoms with Gasteiger partial charge in [-0.25, -0.2) is 4.89 Å². The molecule has 88 valence electrons. The Morgan fingerprint density at radius 1 is 1.47 bits per heavy atom. The van der Waals surface area contributed by atoms with Crippen molar-refractivity contribution >= 4 is 36.3 Å². The van der Waals surface area contributed by atoms with Gasteiger partial charge in [-0.15, -0.1) is 0 Å². The van der Waals surface area contributed by atoms with Crippen LogP contribution in [0.3, 0.4) is 0 Å². The summed E-state index contributed by atoms with van der Waals surface area (Å²) in [6.45, 7) is 2.11. The molecule has 3 unspecified atom stereocenters. The van der Waals surface area contributed by atoms with Gasteiger partial charge in [-0.1, -0.05) is 26.2 Å². The molecule has 3 atom stereocenters. The fourth-order valence-corrected chi connectivity index (χ4v) is 5.46. The van der Waals surface area contributed by atoms with Gasteiger partial charge in [-0.2, -0.15) is 0 Å². The number of hydrogen-bond donors (Lipinski definition) is 4. The van der Waals surface area contributed by atoms with Gasteiger partial charge in [0.1, 0.15) is 0 Å². The van der Waals surface area contributed by atoms with Crippen molar-refractivity contribution in [1.82, 2.24) is 0 Å². The molecule has 15 heavy (non-hydrogen) atoms. The minimum Gasteiger partial charge on any atom is -0.366 e. The Bertz CT molecular complexity index is 245. The number of amides is 1. The van der Waals surface area contributed by atoms with Crippen LogP contribution in [0.4, 0.5) is 0 Å². The Morgan fingerprint density at radius 2 is 2.00 bits per heavy atom. The summed E-state index contributed by atoms with van der Waals surface area (Å²) in [4.78, 5) is 21.2. The average Bonchev–Trinajstić information content (AvgIpc) is 2.05. The third kappa shape index (κ3) is 3.52. The Hall–Kier alpha value is 0.560. The van der Waals surface area contributed by atoms with E-state index in [0.717, 1.165) is 19.3 Å². The molecule has 0 bridgehead atoms. The van der Waals surface area contributed by atoms with Gasteiger partial charge in [0.2, 0.25) is 0 Å². The molecule has 0 aromatic heterocycles. The summed E-state index contributed by atoms with van der Waals surface area (Å²) in [7, 11) is 0. The summed E-state index contributed by atoms with van der Waals surface area (Å²) in [6, 6.07) is 0. The first-order chi connectivity index (χ1) is 6.84. The maximum Gasteiger partial charge on any atom is 0.264 e. The highest BCUT2D eigenvalue weighted by atomic mass is 33.1. The zero-order chi connectivity index (χ0) is 11.6. The van der Waals surface area contributed by atoms with Crippen LogP contribution in [0.1, 0.15) is 32.6 Å². The van der Waals surface area contributed by atoms with E-state index >= 15 is 0 Å². The highest BCUT2D eigenvalue weighted by molar-refractivity contribution is 8.83. The largest absolute Gasteiger partial charge is 0.366 e. The first-order valence-corrected chi connectivity index (χ1v) is 9.32. The summed E-state index contributed by atoms with van der Waals surface area (Å²) < 4.78 is 0. The Balaban J connectivity index is 2.83. The summed E-state index contributed by atoms with van der Waals surface area (Å²) in [5.41, 5.74) is 4.78. The molecule has 0 aromatic rings. The molecule has 0 heterocycles. The van der Waals surface area contributed by atoms with Crippen molar-refractivity contribution in [3.05, 3.63) is 0 Å². The predicted molar refractivity (Wildman–Crippen MR) is 71.2 cm³/mol. The molecule has 1 amide bonds. The second kappa shape index (κ2) is 5.26. The van der Waals surface area contributed by atoms with Crippen LogP contribution in [0.2, 0.25) is 0 Å². The first-order valence-electron chi connectivity index (χ1n) is 5.20. The summed E-state index contributed by atoms with van der Waals surface area (Å²) in [5, 5.41) is 0. The van der Waals surface area contributed by atoms with Gasteiger partial charge in [-0.3, -0.25) is 4.79 Å². The van der Waals surface area contributed by atoms with Crippen molar-refractivity contribution in [1.29, 1.82) is 0 Å². The van der Waals surface area contributed by atoms with Crippen molar-refractivity contribution in [2.24, 2.45) is 17.6 Å². The average molecular weight is 268 g/mol. The predicted octanol–water partition coefficient (Wildman–Crippen LogP) is 2.28. The summed E-state index contributed by atoms with van der Waals surface area (Å²) >= 11 is 8.14. The molecule has 1 saturated carbocycles. The molecule has 1 aliphatic rings. The van der Waals surface area contributed by atoms with Crippen molar-refractivity contribution < 1.29 is 9.69 Å². The van der Waals surface area contributed by atoms with Gasteiger partial charge in [0.15, 0.2) is 5.66 Å². The quantitative estimate of drug-likeness (QED) is 0.469. The molecule has 6 heteroatoms. The van der Waals surface area contributed by atoms with Crippen molar-refractivity contribution in [2.75, 3.05) is 0 Å². The zero-order valence-electron chi connectivity index (χ0n) is 8.83. The fourth-order valence-electron chi connectivity index (χ4n) is 2.45. The van der Waals surface area contributed by atoms with Crippen LogP contribution >= 0.6 is 30.4 Å². The molecule has 3 nitrogen and oxygen atoms in total. The van der Waals surface area contributed by atoms with Crippen LogP contribution in [-0.2, 0) is 4.79 Å². The third-order valence-electron chi connectivity index (χ3n) is 3.25. The van der Waals surface area contributed by atoms with E-state index in [0.29, 0.717) is 5.92 Å². The highest BCUT2D eigenvalue weighted by Crippen LogP contribution is 2.70. The number of carbonyl (C=O) groups is 1. The second-order valence-electron chi connectivity index (χ2n) is 4.39. The Kier molecular flexibility index (Phi) is 4.78. The molecule has 1 aliphatic carbocycles. The van der Waals surface area contributed by atoms with E-state index in [1.165, 1.54) is 6.42 Å². The lowest BCUT2D eigenvalue weighted by molar-refractivity contribution is -0.119. The molecule has 1 rings (SSSR count). The van der Waals surface area contributed by atoms with Crippen LogP contribution in [0.15, 0.2) is 0 Å². The topological polar surface area (TPSA) is 63.3 Å². The third-order valence-corrected chi connectivity index (χ3v) is 6.12. The fraction of sp³-hybridized carbons (Fsp3) is 0.889. The number of thiol groups is 2. The molecular weight excluding hydrogens is 249 g/mol.